The van der Waals surface area contributed by atoms with Crippen LogP contribution in [0.1, 0.15) is 149 Å². The SMILES string of the molecule is CO[C@H](CO)[C@H]1C[C@@H]2CC[C@@]3(CC[C@]4(CC[C@H](NCC(C)=O)c5cc(O)ccc5C4)C3)C[C@@]23NCOc2c4cc(c5c2O[C@@H](O)[C@H](C5)[C@H]2CSSC[C@@H](C(C)C)N=C(N)N[C@H]2C#C[C@]32C=C[C@H]1C2)CC[C@@H](O)CC(=O)CCc1ccc(O)c(OCO)c1C#CC4. The lowest BCUT2D eigenvalue weighted by Gasteiger charge is -2.58. The van der Waals surface area contributed by atoms with Crippen LogP contribution in [0.15, 0.2) is 53.5 Å². The molecule has 4 spiro atoms. The third kappa shape index (κ3) is 12.9. The van der Waals surface area contributed by atoms with Crippen LogP contribution in [0.3, 0.4) is 0 Å². The van der Waals surface area contributed by atoms with Gasteiger partial charge in [-0.3, -0.25) is 14.9 Å². The van der Waals surface area contributed by atoms with Gasteiger partial charge in [0, 0.05) is 72.4 Å². The van der Waals surface area contributed by atoms with E-state index in [2.05, 4.69) is 77.8 Å². The highest BCUT2D eigenvalue weighted by Gasteiger charge is 2.66. The molecule has 8 bridgehead atoms. The maximum absolute atomic E-state index is 13.6. The summed E-state index contributed by atoms with van der Waals surface area (Å²) in [5.41, 5.74) is 11.1. The molecule has 90 heavy (non-hydrogen) atoms. The van der Waals surface area contributed by atoms with Crippen molar-refractivity contribution >= 4 is 39.1 Å². The first kappa shape index (κ1) is 64.6. The number of rotatable bonds is 9. The van der Waals surface area contributed by atoms with Crippen molar-refractivity contribution in [1.29, 1.82) is 0 Å². The molecule has 4 heterocycles. The fourth-order valence-electron chi connectivity index (χ4n) is 17.8. The number of guanidine groups is 1. The number of carbonyl (C=O) groups excluding carboxylic acids is 2. The number of nitrogens with one attached hydrogen (secondary N) is 3. The second-order valence-corrected chi connectivity index (χ2v) is 30.7. The van der Waals surface area contributed by atoms with Crippen LogP contribution in [0.4, 0.5) is 0 Å². The molecule has 13 rings (SSSR count). The molecule has 6 aliphatic carbocycles. The molecule has 0 unspecified atom stereocenters. The van der Waals surface area contributed by atoms with Crippen molar-refractivity contribution in [2.75, 3.05) is 45.3 Å². The van der Waals surface area contributed by atoms with Crippen LogP contribution in [0.5, 0.6) is 28.7 Å². The van der Waals surface area contributed by atoms with E-state index in [0.717, 1.165) is 86.7 Å². The fourth-order valence-corrected chi connectivity index (χ4v) is 20.6. The van der Waals surface area contributed by atoms with Gasteiger partial charge in [0.15, 0.2) is 35.8 Å². The molecule has 4 aliphatic heterocycles. The van der Waals surface area contributed by atoms with Crippen LogP contribution < -0.4 is 35.9 Å². The van der Waals surface area contributed by atoms with Gasteiger partial charge in [-0.15, -0.1) is 0 Å². The molecule has 0 saturated heterocycles. The minimum Gasteiger partial charge on any atom is -0.508 e. The summed E-state index contributed by atoms with van der Waals surface area (Å²) in [7, 11) is 5.20. The van der Waals surface area contributed by atoms with Gasteiger partial charge in [-0.2, -0.15) is 0 Å². The normalized spacial score (nSPS) is 34.3. The second-order valence-electron chi connectivity index (χ2n) is 28.1. The van der Waals surface area contributed by atoms with Gasteiger partial charge in [0.25, 0.3) is 0 Å². The van der Waals surface area contributed by atoms with Gasteiger partial charge in [0.1, 0.15) is 24.0 Å². The largest absolute Gasteiger partial charge is 0.508 e. The lowest BCUT2D eigenvalue weighted by Crippen LogP contribution is -2.66. The van der Waals surface area contributed by atoms with Gasteiger partial charge in [-0.1, -0.05) is 89.5 Å². The molecule has 0 amide bonds. The third-order valence-corrected chi connectivity index (χ3v) is 24.8. The van der Waals surface area contributed by atoms with E-state index in [1.54, 1.807) is 47.8 Å². The van der Waals surface area contributed by atoms with E-state index in [1.165, 1.54) is 11.6 Å². The number of allylic oxidation sites excluding steroid dienone is 1. The highest BCUT2D eigenvalue weighted by molar-refractivity contribution is 8.76. The Kier molecular flexibility index (Phi) is 19.3. The number of carbonyl (C=O) groups is 2. The van der Waals surface area contributed by atoms with Crippen molar-refractivity contribution in [3.63, 3.8) is 0 Å². The van der Waals surface area contributed by atoms with Crippen molar-refractivity contribution in [3.8, 4) is 52.4 Å². The van der Waals surface area contributed by atoms with Crippen LogP contribution in [-0.4, -0.2) is 130 Å². The Morgan fingerprint density at radius 2 is 1.74 bits per heavy atom. The predicted molar refractivity (Wildman–Crippen MR) is 348 cm³/mol. The van der Waals surface area contributed by atoms with Gasteiger partial charge in [0.05, 0.1) is 48.4 Å². The van der Waals surface area contributed by atoms with E-state index in [4.69, 9.17) is 29.7 Å². The van der Waals surface area contributed by atoms with E-state index in [0.29, 0.717) is 59.2 Å². The first-order chi connectivity index (χ1) is 43.4. The molecule has 19 heteroatoms. The van der Waals surface area contributed by atoms with Crippen LogP contribution in [-0.2, 0) is 46.4 Å². The number of ketones is 2. The highest BCUT2D eigenvalue weighted by atomic mass is 33.1. The molecule has 3 aromatic rings. The summed E-state index contributed by atoms with van der Waals surface area (Å²) in [6.45, 7) is 5.37. The Morgan fingerprint density at radius 3 is 2.54 bits per heavy atom. The van der Waals surface area contributed by atoms with Crippen molar-refractivity contribution < 1.29 is 59.2 Å². The Bertz CT molecular complexity index is 3390. The number of ether oxygens (including phenoxy) is 4. The minimum atomic E-state index is -1.32. The van der Waals surface area contributed by atoms with Gasteiger partial charge < -0.3 is 66.0 Å². The lowest BCUT2D eigenvalue weighted by atomic mass is 9.51. The number of phenolic OH excluding ortho intramolecular Hbond substituents is 2. The number of benzene rings is 3. The van der Waals surface area contributed by atoms with Gasteiger partial charge in [0.2, 0.25) is 6.29 Å². The molecule has 10 aliphatic rings. The van der Waals surface area contributed by atoms with Crippen molar-refractivity contribution in [3.05, 3.63) is 87.5 Å². The minimum absolute atomic E-state index is 0.00615. The molecule has 3 fully saturated rings. The van der Waals surface area contributed by atoms with Crippen molar-refractivity contribution in [1.82, 2.24) is 16.0 Å². The Morgan fingerprint density at radius 1 is 0.933 bits per heavy atom. The van der Waals surface area contributed by atoms with Crippen molar-refractivity contribution in [2.45, 2.75) is 179 Å². The number of Topliss-reactive ketones (excluding diaryl/α,β-unsaturated/α-hetero) is 2. The topological polar surface area (TPSA) is 267 Å². The molecule has 3 saturated carbocycles. The summed E-state index contributed by atoms with van der Waals surface area (Å²) in [5, 5.41) is 79.0. The molecular formula is C71H91N5O12S2. The number of phenols is 2. The molecule has 11 N–H and O–H groups in total. The summed E-state index contributed by atoms with van der Waals surface area (Å²) in [4.78, 5) is 31.1. The smallest absolute Gasteiger partial charge is 0.201 e. The quantitative estimate of drug-likeness (QED) is 0.0422. The molecule has 0 aromatic heterocycles. The summed E-state index contributed by atoms with van der Waals surface area (Å²) in [5.74, 6) is 16.6. The number of nitrogens with zero attached hydrogens (tertiary/aromatic N) is 1. The second kappa shape index (κ2) is 26.9. The predicted octanol–water partition coefficient (Wildman–Crippen LogP) is 7.88. The standard InChI is InChI=1S/C71H91N5O12S2/c1-41(2)60-36-90-89-35-57-56-30-55-44-9-13-50(81)28-49(80)12-8-43-11-15-61(83)64(87-40-78)52(43)7-5-6-45(26-44)63(65(55)88-66(56)84)86-39-74-71-38-69(25-24-68(37-69)21-18-58(73-33-42(3)79)53-29-51(82)14-10-46(53)31-68)20-17-48(71)27-54(62(34-77)85-4)47-16-22-70(71,32-47)23-19-59(57)75-67(72)76-60/h10-11,14-16,22,26,29,41,47-48,50,54,56-60,62,66,73-74,77-78,81-84H,6,8-9,12-13,17-18,20-21,24-25,27-28,30-40H2,1-4H3,(H3,72,75,76)/t47-,48-,50+,54-,56+,57+,58-,59-,60-,62+,66+,68-,69-,70-,71+/m0/s1. The Labute approximate surface area is 537 Å². The van der Waals surface area contributed by atoms with Gasteiger partial charge in [-0.25, -0.2) is 4.99 Å². The average Bonchev–Trinajstić information content (AvgIpc) is 1.52. The van der Waals surface area contributed by atoms with E-state index in [9.17, 15) is 40.2 Å². The number of aliphatic hydroxyl groups is 4. The first-order valence-electron chi connectivity index (χ1n) is 32.8. The number of hydrogen-bond acceptors (Lipinski definition) is 19. The zero-order chi connectivity index (χ0) is 63.1. The number of methoxy groups -OCH3 is 1. The molecule has 3 aromatic carbocycles. The molecule has 484 valence electrons. The Hall–Kier alpha value is -5.45. The summed E-state index contributed by atoms with van der Waals surface area (Å²) < 4.78 is 26.2. The van der Waals surface area contributed by atoms with Crippen LogP contribution in [0.2, 0.25) is 0 Å². The maximum atomic E-state index is 13.6. The van der Waals surface area contributed by atoms with Gasteiger partial charge >= 0.3 is 0 Å². The number of hydrogen-bond donors (Lipinski definition) is 10. The van der Waals surface area contributed by atoms with E-state index in [-0.39, 0.29) is 133 Å². The molecular weight excluding hydrogens is 1180 g/mol. The summed E-state index contributed by atoms with van der Waals surface area (Å²) in [6, 6.07) is 10.3. The van der Waals surface area contributed by atoms with Crippen LogP contribution >= 0.6 is 21.6 Å². The number of fused-ring (bicyclic) bond motifs is 8. The summed E-state index contributed by atoms with van der Waals surface area (Å²) >= 11 is 0. The number of aliphatic hydroxyl groups excluding tert-OH is 4. The number of aromatic hydroxyl groups is 2. The van der Waals surface area contributed by atoms with E-state index < -0.39 is 48.2 Å². The first-order valence-corrected chi connectivity index (χ1v) is 35.3. The van der Waals surface area contributed by atoms with Gasteiger partial charge in [-0.05, 0) is 178 Å². The molecule has 15 atom stereocenters. The zero-order valence-electron chi connectivity index (χ0n) is 52.5. The fraction of sp³-hybridized carbons (Fsp3) is 0.620. The lowest BCUT2D eigenvalue weighted by molar-refractivity contribution is -0.121. The third-order valence-electron chi connectivity index (χ3n) is 22.3. The zero-order valence-corrected chi connectivity index (χ0v) is 54.1. The molecule has 0 radical (unpaired) electrons. The average molecular weight is 1270 g/mol. The monoisotopic (exact) mass is 1270 g/mol. The van der Waals surface area contributed by atoms with E-state index in [1.807, 2.05) is 6.07 Å². The number of nitrogens with two attached hydrogens (primary N) is 1. The molecule has 17 nitrogen and oxygen atoms in total. The van der Waals surface area contributed by atoms with Crippen molar-refractivity contribution in [2.24, 2.45) is 62.5 Å². The highest BCUT2D eigenvalue weighted by Crippen LogP contribution is 2.68. The van der Waals surface area contributed by atoms with Crippen LogP contribution in [0.25, 0.3) is 0 Å². The maximum Gasteiger partial charge on any atom is 0.201 e. The number of aryl methyl sites for hydroxylation is 2. The summed E-state index contributed by atoms with van der Waals surface area (Å²) in [6.07, 6.45) is 13.4. The Balaban J connectivity index is 1.03. The number of aliphatic imine (C=N–C) groups is 1. The van der Waals surface area contributed by atoms with Crippen LogP contribution in [0, 0.1) is 75.4 Å². The van der Waals surface area contributed by atoms with E-state index >= 15 is 0 Å².